The van der Waals surface area contributed by atoms with Gasteiger partial charge in [-0.25, -0.2) is 4.68 Å². The Labute approximate surface area is 95.6 Å². The molecule has 90 valence electrons. The van der Waals surface area contributed by atoms with Crippen LogP contribution in [-0.2, 0) is 16.1 Å². The number of ether oxygens (including phenoxy) is 1. The second-order valence-electron chi connectivity index (χ2n) is 4.01. The Hall–Kier alpha value is -2.12. The van der Waals surface area contributed by atoms with E-state index in [1.165, 1.54) is 0 Å². The molecule has 8 nitrogen and oxygen atoms in total. The Kier molecular flexibility index (Phi) is 2.03. The maximum absolute atomic E-state index is 11.4. The highest BCUT2D eigenvalue weighted by atomic mass is 16.5. The van der Waals surface area contributed by atoms with E-state index in [4.69, 9.17) is 9.84 Å². The van der Waals surface area contributed by atoms with E-state index in [-0.39, 0.29) is 6.42 Å². The fourth-order valence-electron chi connectivity index (χ4n) is 2.02. The molecule has 0 saturated carbocycles. The zero-order valence-electron chi connectivity index (χ0n) is 8.79. The number of amides is 1. The zero-order valence-corrected chi connectivity index (χ0v) is 8.79. The fraction of sp³-hybridized carbons (Fsp3) is 0.556. The second-order valence-corrected chi connectivity index (χ2v) is 4.01. The Bertz CT molecular complexity index is 476. The van der Waals surface area contributed by atoms with Crippen LogP contribution in [0, 0.1) is 5.92 Å². The third-order valence-electron chi connectivity index (χ3n) is 2.90. The van der Waals surface area contributed by atoms with Gasteiger partial charge in [0.25, 0.3) is 0 Å². The zero-order chi connectivity index (χ0) is 12.0. The van der Waals surface area contributed by atoms with Gasteiger partial charge in [-0.05, 0) is 6.42 Å². The first kappa shape index (κ1) is 10.1. The molecule has 2 unspecified atom stereocenters. The van der Waals surface area contributed by atoms with Gasteiger partial charge in [0.15, 0.2) is 5.82 Å². The fourth-order valence-corrected chi connectivity index (χ4v) is 2.02. The van der Waals surface area contributed by atoms with Crippen molar-refractivity contribution < 1.29 is 19.4 Å². The predicted octanol–water partition coefficient (Wildman–Crippen LogP) is -1.07. The van der Waals surface area contributed by atoms with Crippen molar-refractivity contribution in [1.82, 2.24) is 20.1 Å². The number of carboxylic acids is 1. The highest BCUT2D eigenvalue weighted by molar-refractivity contribution is 5.98. The Morgan fingerprint density at radius 2 is 2.41 bits per heavy atom. The van der Waals surface area contributed by atoms with Crippen LogP contribution in [0.3, 0.4) is 0 Å². The van der Waals surface area contributed by atoms with E-state index in [2.05, 4.69) is 15.4 Å². The van der Waals surface area contributed by atoms with Crippen LogP contribution in [0.25, 0.3) is 0 Å². The molecule has 2 N–H and O–H groups in total. The summed E-state index contributed by atoms with van der Waals surface area (Å²) in [4.78, 5) is 26.3. The lowest BCUT2D eigenvalue weighted by Crippen LogP contribution is -2.25. The quantitative estimate of drug-likeness (QED) is 0.635. The van der Waals surface area contributed by atoms with Gasteiger partial charge in [-0.1, -0.05) is 0 Å². The lowest BCUT2D eigenvalue weighted by atomic mass is 10.1. The van der Waals surface area contributed by atoms with E-state index in [1.807, 2.05) is 0 Å². The monoisotopic (exact) mass is 238 g/mol. The topological polar surface area (TPSA) is 106 Å². The summed E-state index contributed by atoms with van der Waals surface area (Å²) < 4.78 is 6.81. The van der Waals surface area contributed by atoms with Gasteiger partial charge in [0, 0.05) is 0 Å². The van der Waals surface area contributed by atoms with Gasteiger partial charge in [-0.3, -0.25) is 9.59 Å². The van der Waals surface area contributed by atoms with Crippen molar-refractivity contribution in [3.8, 4) is 6.01 Å². The highest BCUT2D eigenvalue weighted by Crippen LogP contribution is 2.28. The first-order valence-electron chi connectivity index (χ1n) is 5.26. The maximum atomic E-state index is 11.4. The number of nitrogens with one attached hydrogen (secondary N) is 1. The highest BCUT2D eigenvalue weighted by Gasteiger charge is 2.40. The second kappa shape index (κ2) is 3.44. The number of nitrogens with zero attached hydrogens (tertiary/aromatic N) is 3. The summed E-state index contributed by atoms with van der Waals surface area (Å²) in [7, 11) is 0. The number of aliphatic carboxylic acids is 1. The Morgan fingerprint density at radius 1 is 1.59 bits per heavy atom. The minimum absolute atomic E-state index is 0.178. The molecule has 0 bridgehead atoms. The van der Waals surface area contributed by atoms with Crippen LogP contribution in [0.5, 0.6) is 6.01 Å². The van der Waals surface area contributed by atoms with Gasteiger partial charge in [-0.15, -0.1) is 0 Å². The molecule has 1 fully saturated rings. The van der Waals surface area contributed by atoms with Crippen molar-refractivity contribution in [1.29, 1.82) is 0 Å². The summed E-state index contributed by atoms with van der Waals surface area (Å²) in [5.41, 5.74) is 0. The molecule has 2 aliphatic heterocycles. The van der Waals surface area contributed by atoms with Gasteiger partial charge in [0.05, 0.1) is 12.6 Å². The first-order valence-corrected chi connectivity index (χ1v) is 5.26. The molecule has 2 aliphatic rings. The minimum Gasteiger partial charge on any atom is -0.481 e. The lowest BCUT2D eigenvalue weighted by molar-refractivity contribution is -0.145. The summed E-state index contributed by atoms with van der Waals surface area (Å²) in [5, 5.41) is 15.6. The van der Waals surface area contributed by atoms with Crippen molar-refractivity contribution in [3.63, 3.8) is 0 Å². The molecule has 2 atom stereocenters. The molecule has 1 aromatic heterocycles. The van der Waals surface area contributed by atoms with Gasteiger partial charge in [-0.2, -0.15) is 10.1 Å². The van der Waals surface area contributed by atoms with E-state index in [0.717, 1.165) is 0 Å². The Morgan fingerprint density at radius 3 is 3.06 bits per heavy atom. The molecule has 1 aromatic rings. The summed E-state index contributed by atoms with van der Waals surface area (Å²) in [6.45, 7) is 1.18. The van der Waals surface area contributed by atoms with E-state index in [0.29, 0.717) is 25.0 Å². The standard InChI is InChI=1S/C9H10N4O4/c14-7-4(8(15)16)3-5(10-7)6-11-9-13(12-6)1-2-17-9/h4-5H,1-3H2,(H,10,14)(H,15,16). The lowest BCUT2D eigenvalue weighted by Gasteiger charge is -2.03. The maximum Gasteiger partial charge on any atom is 0.316 e. The average Bonchev–Trinajstić information content (AvgIpc) is 2.88. The summed E-state index contributed by atoms with van der Waals surface area (Å²) >= 11 is 0. The van der Waals surface area contributed by atoms with Crippen LogP contribution in [0.15, 0.2) is 0 Å². The van der Waals surface area contributed by atoms with Gasteiger partial charge in [0.1, 0.15) is 12.5 Å². The molecule has 8 heteroatoms. The average molecular weight is 238 g/mol. The molecule has 17 heavy (non-hydrogen) atoms. The molecular weight excluding hydrogens is 228 g/mol. The molecule has 1 amide bonds. The first-order chi connectivity index (χ1) is 8.15. The van der Waals surface area contributed by atoms with Crippen molar-refractivity contribution in [2.75, 3.05) is 6.61 Å². The van der Waals surface area contributed by atoms with E-state index < -0.39 is 23.8 Å². The van der Waals surface area contributed by atoms with Crippen LogP contribution in [-0.4, -0.2) is 38.4 Å². The number of rotatable bonds is 2. The third-order valence-corrected chi connectivity index (χ3v) is 2.90. The molecule has 0 aliphatic carbocycles. The number of carbonyl (C=O) groups is 2. The smallest absolute Gasteiger partial charge is 0.316 e. The molecule has 0 spiro atoms. The minimum atomic E-state index is -1.12. The molecule has 0 aromatic carbocycles. The van der Waals surface area contributed by atoms with Gasteiger partial charge < -0.3 is 15.2 Å². The number of fused-ring (bicyclic) bond motifs is 1. The number of carbonyl (C=O) groups excluding carboxylic acids is 1. The van der Waals surface area contributed by atoms with Crippen molar-refractivity contribution >= 4 is 11.9 Å². The van der Waals surface area contributed by atoms with Crippen molar-refractivity contribution in [3.05, 3.63) is 5.82 Å². The summed E-state index contributed by atoms with van der Waals surface area (Å²) in [5.74, 6) is -2.21. The molecule has 1 saturated heterocycles. The molecule has 3 heterocycles. The number of hydrogen-bond donors (Lipinski definition) is 2. The van der Waals surface area contributed by atoms with Crippen LogP contribution < -0.4 is 10.1 Å². The van der Waals surface area contributed by atoms with Gasteiger partial charge in [0.2, 0.25) is 5.91 Å². The molecular formula is C9H10N4O4. The summed E-state index contributed by atoms with van der Waals surface area (Å²) in [6, 6.07) is -0.0154. The SMILES string of the molecule is O=C(O)C1CC(c2nc3n(n2)CCO3)NC1=O. The largest absolute Gasteiger partial charge is 0.481 e. The third kappa shape index (κ3) is 1.52. The van der Waals surface area contributed by atoms with Crippen LogP contribution >= 0.6 is 0 Å². The Balaban J connectivity index is 1.82. The van der Waals surface area contributed by atoms with E-state index in [9.17, 15) is 9.59 Å². The summed E-state index contributed by atoms with van der Waals surface area (Å²) in [6.07, 6.45) is 0.178. The van der Waals surface area contributed by atoms with Crippen LogP contribution in [0.4, 0.5) is 0 Å². The molecule has 3 rings (SSSR count). The van der Waals surface area contributed by atoms with Crippen LogP contribution in [0.2, 0.25) is 0 Å². The predicted molar refractivity (Wildman–Crippen MR) is 52.1 cm³/mol. The number of carboxylic acid groups (broad SMARTS) is 1. The number of hydrogen-bond acceptors (Lipinski definition) is 5. The van der Waals surface area contributed by atoms with E-state index >= 15 is 0 Å². The van der Waals surface area contributed by atoms with Crippen molar-refractivity contribution in [2.45, 2.75) is 19.0 Å². The van der Waals surface area contributed by atoms with Crippen LogP contribution in [0.1, 0.15) is 18.3 Å². The van der Waals surface area contributed by atoms with Gasteiger partial charge >= 0.3 is 12.0 Å². The van der Waals surface area contributed by atoms with Crippen molar-refractivity contribution in [2.24, 2.45) is 5.92 Å². The normalized spacial score (nSPS) is 26.5. The molecule has 0 radical (unpaired) electrons. The van der Waals surface area contributed by atoms with E-state index in [1.54, 1.807) is 4.68 Å². The number of aromatic nitrogens is 3.